The van der Waals surface area contributed by atoms with Crippen molar-refractivity contribution in [3.8, 4) is 11.3 Å². The molecule has 4 nitrogen and oxygen atoms in total. The normalized spacial score (nSPS) is 23.2. The molecule has 3 unspecified atom stereocenters. The Bertz CT molecular complexity index is 788. The van der Waals surface area contributed by atoms with Crippen molar-refractivity contribution in [3.63, 3.8) is 0 Å². The largest absolute Gasteiger partial charge is 0.512 e. The van der Waals surface area contributed by atoms with Gasteiger partial charge < -0.3 is 5.11 Å². The van der Waals surface area contributed by atoms with E-state index in [4.69, 9.17) is 5.11 Å². The first kappa shape index (κ1) is 21.5. The summed E-state index contributed by atoms with van der Waals surface area (Å²) in [4.78, 5) is 19.0. The zero-order valence-electron chi connectivity index (χ0n) is 15.7. The quantitative estimate of drug-likeness (QED) is 0.342. The van der Waals surface area contributed by atoms with Gasteiger partial charge in [0.2, 0.25) is 0 Å². The van der Waals surface area contributed by atoms with Crippen LogP contribution in [0.1, 0.15) is 51.1 Å². The first-order valence-electron chi connectivity index (χ1n) is 9.19. The van der Waals surface area contributed by atoms with E-state index in [9.17, 15) is 4.79 Å². The maximum absolute atomic E-state index is 10.0. The average Bonchev–Trinajstić information content (AvgIpc) is 3.25. The van der Waals surface area contributed by atoms with Gasteiger partial charge in [-0.25, -0.2) is 4.98 Å². The Kier molecular flexibility index (Phi) is 7.88. The van der Waals surface area contributed by atoms with E-state index in [0.29, 0.717) is 5.92 Å². The van der Waals surface area contributed by atoms with Crippen molar-refractivity contribution >= 4 is 5.78 Å². The summed E-state index contributed by atoms with van der Waals surface area (Å²) in [6, 6.07) is 13.4. The number of hydrogen-bond acceptors (Lipinski definition) is 4. The van der Waals surface area contributed by atoms with Crippen LogP contribution in [0.2, 0.25) is 0 Å². The zero-order valence-corrected chi connectivity index (χ0v) is 18.1. The number of allylic oxidation sites excluding steroid dienone is 2. The Morgan fingerprint density at radius 3 is 2.56 bits per heavy atom. The molecule has 3 atom stereocenters. The first-order valence-corrected chi connectivity index (χ1v) is 9.19. The minimum Gasteiger partial charge on any atom is -0.512 e. The fourth-order valence-corrected chi connectivity index (χ4v) is 4.18. The molecule has 1 radical (unpaired) electrons. The van der Waals surface area contributed by atoms with Crippen LogP contribution in [0.15, 0.2) is 48.5 Å². The Labute approximate surface area is 174 Å². The van der Waals surface area contributed by atoms with Crippen LogP contribution in [-0.2, 0) is 24.9 Å². The molecule has 27 heavy (non-hydrogen) atoms. The van der Waals surface area contributed by atoms with Gasteiger partial charge in [0.25, 0.3) is 0 Å². The number of carbonyl (C=O) groups is 1. The van der Waals surface area contributed by atoms with Crippen molar-refractivity contribution in [1.82, 2.24) is 9.97 Å². The van der Waals surface area contributed by atoms with E-state index in [1.165, 1.54) is 51.3 Å². The summed E-state index contributed by atoms with van der Waals surface area (Å²) in [5, 5.41) is 8.36. The Balaban J connectivity index is 0.000000285. The molecule has 2 saturated carbocycles. The summed E-state index contributed by atoms with van der Waals surface area (Å²) in [6.07, 6.45) is 8.47. The van der Waals surface area contributed by atoms with Crippen LogP contribution >= 0.6 is 0 Å². The van der Waals surface area contributed by atoms with Gasteiger partial charge in [0.05, 0.1) is 5.76 Å². The van der Waals surface area contributed by atoms with Gasteiger partial charge in [-0.05, 0) is 50.6 Å². The average molecular weight is 542 g/mol. The second kappa shape index (κ2) is 9.91. The molecule has 1 aromatic carbocycles. The number of carbonyl (C=O) groups excluding carboxylic acids is 1. The van der Waals surface area contributed by atoms with Crippen molar-refractivity contribution in [2.45, 2.75) is 45.4 Å². The molecular weight excluding hydrogens is 516 g/mol. The molecule has 2 aliphatic carbocycles. The zero-order chi connectivity index (χ0) is 18.5. The minimum atomic E-state index is -0.125. The van der Waals surface area contributed by atoms with Crippen molar-refractivity contribution in [1.29, 1.82) is 0 Å². The number of ketones is 1. The number of aliphatic hydroxyl groups excluding tert-OH is 1. The van der Waals surface area contributed by atoms with Crippen molar-refractivity contribution < 1.29 is 30.0 Å². The third kappa shape index (κ3) is 5.82. The first-order chi connectivity index (χ1) is 12.5. The Hall–Kier alpha value is -1.84. The fraction of sp³-hybridized carbons (Fsp3) is 0.409. The molecule has 1 N–H and O–H groups in total. The maximum atomic E-state index is 10.0. The van der Waals surface area contributed by atoms with E-state index in [1.54, 1.807) is 6.33 Å². The summed E-state index contributed by atoms with van der Waals surface area (Å²) in [5.74, 6) is 2.43. The van der Waals surface area contributed by atoms with Crippen LogP contribution in [0.25, 0.3) is 11.3 Å². The molecule has 2 aliphatic rings. The summed E-state index contributed by atoms with van der Waals surface area (Å²) in [6.45, 7) is 2.85. The number of hydrogen-bond donors (Lipinski definition) is 1. The number of benzene rings is 1. The molecule has 0 spiro atoms. The second-order valence-electron chi connectivity index (χ2n) is 7.28. The monoisotopic (exact) mass is 542 g/mol. The fourth-order valence-electron chi connectivity index (χ4n) is 4.18. The van der Waals surface area contributed by atoms with Gasteiger partial charge in [-0.15, -0.1) is 35.9 Å². The van der Waals surface area contributed by atoms with Crippen molar-refractivity contribution in [2.75, 3.05) is 0 Å². The van der Waals surface area contributed by atoms with Crippen molar-refractivity contribution in [3.05, 3.63) is 60.3 Å². The molecule has 0 aliphatic heterocycles. The summed E-state index contributed by atoms with van der Waals surface area (Å²) < 4.78 is 0. The molecule has 2 fully saturated rings. The van der Waals surface area contributed by atoms with Gasteiger partial charge in [0.15, 0.2) is 5.78 Å². The summed E-state index contributed by atoms with van der Waals surface area (Å²) >= 11 is 0. The number of fused-ring (bicyclic) bond motifs is 2. The third-order valence-electron chi connectivity index (χ3n) is 5.20. The predicted octanol–water partition coefficient (Wildman–Crippen LogP) is 4.88. The van der Waals surface area contributed by atoms with Gasteiger partial charge >= 0.3 is 0 Å². The van der Waals surface area contributed by atoms with E-state index in [2.05, 4.69) is 28.2 Å². The standard InChI is InChI=1S/C17H17N2.C5H8O2.Ir/c1-2-4-13(5-3-1)16-10-17(19-11-18-16)15-9-12-6-7-14(15)8-12;1-4(6)3-5(2)7;/h1-4,10-12,14-15H,6-9H2;3,6H,1-2H3;/q-1;;/b;4-3-;. The minimum absolute atomic E-state index is 0. The van der Waals surface area contributed by atoms with E-state index < -0.39 is 0 Å². The van der Waals surface area contributed by atoms with Gasteiger partial charge in [0.1, 0.15) is 6.33 Å². The number of nitrogens with zero attached hydrogens (tertiary/aromatic N) is 2. The summed E-state index contributed by atoms with van der Waals surface area (Å²) in [7, 11) is 0. The molecule has 4 rings (SSSR count). The van der Waals surface area contributed by atoms with E-state index >= 15 is 0 Å². The molecule has 2 bridgehead atoms. The molecule has 1 heterocycles. The molecule has 1 aromatic heterocycles. The van der Waals surface area contributed by atoms with Crippen LogP contribution in [0.3, 0.4) is 0 Å². The van der Waals surface area contributed by atoms with Crippen LogP contribution in [0.4, 0.5) is 0 Å². The predicted molar refractivity (Wildman–Crippen MR) is 102 cm³/mol. The van der Waals surface area contributed by atoms with Gasteiger partial charge in [-0.2, -0.15) is 0 Å². The summed E-state index contributed by atoms with van der Waals surface area (Å²) in [5.41, 5.74) is 3.32. The molecule has 0 amide bonds. The van der Waals surface area contributed by atoms with E-state index in [0.717, 1.165) is 23.1 Å². The Morgan fingerprint density at radius 1 is 1.22 bits per heavy atom. The molecular formula is C22H25IrN2O2-. The molecule has 5 heteroatoms. The van der Waals surface area contributed by atoms with E-state index in [-0.39, 0.29) is 31.6 Å². The van der Waals surface area contributed by atoms with Crippen molar-refractivity contribution in [2.24, 2.45) is 11.8 Å². The second-order valence-corrected chi connectivity index (χ2v) is 7.28. The maximum Gasteiger partial charge on any atom is 0.155 e. The molecule has 145 valence electrons. The van der Waals surface area contributed by atoms with Gasteiger partial charge in [-0.1, -0.05) is 12.5 Å². The van der Waals surface area contributed by atoms with E-state index in [1.807, 2.05) is 18.2 Å². The smallest absolute Gasteiger partial charge is 0.155 e. The van der Waals surface area contributed by atoms with Crippen LogP contribution in [0, 0.1) is 17.9 Å². The number of rotatable bonds is 3. The number of aromatic nitrogens is 2. The molecule has 2 aromatic rings. The Morgan fingerprint density at radius 2 is 2.04 bits per heavy atom. The van der Waals surface area contributed by atoms with Crippen LogP contribution < -0.4 is 0 Å². The third-order valence-corrected chi connectivity index (χ3v) is 5.20. The van der Waals surface area contributed by atoms with Gasteiger partial charge in [0, 0.05) is 37.8 Å². The van der Waals surface area contributed by atoms with Crippen LogP contribution in [-0.4, -0.2) is 20.9 Å². The topological polar surface area (TPSA) is 63.1 Å². The number of aliphatic hydroxyl groups is 1. The SMILES string of the molecule is CC(=O)/C=C(/C)O.[Ir].[c-]1ccccc1-c1cc(C2CC3CCC2C3)ncn1. The van der Waals surface area contributed by atoms with Gasteiger partial charge in [-0.3, -0.25) is 9.78 Å². The molecule has 0 saturated heterocycles. The van der Waals surface area contributed by atoms with Crippen LogP contribution in [0.5, 0.6) is 0 Å².